The van der Waals surface area contributed by atoms with Crippen LogP contribution in [0.1, 0.15) is 13.3 Å². The van der Waals surface area contributed by atoms with Crippen molar-refractivity contribution in [3.63, 3.8) is 0 Å². The van der Waals surface area contributed by atoms with Gasteiger partial charge in [0, 0.05) is 25.4 Å². The minimum atomic E-state index is -0.662. The predicted octanol–water partition coefficient (Wildman–Crippen LogP) is -1.41. The van der Waals surface area contributed by atoms with Crippen molar-refractivity contribution in [3.05, 3.63) is 0 Å². The van der Waals surface area contributed by atoms with E-state index in [2.05, 4.69) is 0 Å². The van der Waals surface area contributed by atoms with Crippen LogP contribution in [-0.4, -0.2) is 71.2 Å². The fraction of sp³-hybridized carbons (Fsp3) is 0.909. The zero-order valence-electron chi connectivity index (χ0n) is 10.1. The van der Waals surface area contributed by atoms with Crippen LogP contribution in [0.15, 0.2) is 0 Å². The number of aliphatic hydroxyl groups is 3. The first kappa shape index (κ1) is 14.4. The Balaban J connectivity index is 2.71. The predicted molar refractivity (Wildman–Crippen MR) is 60.3 cm³/mol. The Morgan fingerprint density at radius 3 is 2.18 bits per heavy atom. The first-order valence-corrected chi connectivity index (χ1v) is 5.94. The second-order valence-electron chi connectivity index (χ2n) is 4.22. The van der Waals surface area contributed by atoms with Crippen molar-refractivity contribution >= 4 is 5.97 Å². The number of esters is 1. The van der Waals surface area contributed by atoms with Crippen LogP contribution in [0.3, 0.4) is 0 Å². The molecule has 100 valence electrons. The van der Waals surface area contributed by atoms with Crippen LogP contribution < -0.4 is 0 Å². The van der Waals surface area contributed by atoms with Crippen LogP contribution in [0.5, 0.6) is 0 Å². The topological polar surface area (TPSA) is 90.0 Å². The van der Waals surface area contributed by atoms with Gasteiger partial charge in [-0.3, -0.25) is 9.69 Å². The van der Waals surface area contributed by atoms with E-state index in [4.69, 9.17) is 4.74 Å². The second-order valence-corrected chi connectivity index (χ2v) is 4.22. The number of hydrogen-bond donors (Lipinski definition) is 3. The van der Waals surface area contributed by atoms with E-state index < -0.39 is 12.0 Å². The van der Waals surface area contributed by atoms with E-state index in [0.29, 0.717) is 0 Å². The Labute approximate surface area is 101 Å². The lowest BCUT2D eigenvalue weighted by atomic mass is 9.97. The van der Waals surface area contributed by atoms with E-state index in [1.165, 1.54) is 0 Å². The van der Waals surface area contributed by atoms with E-state index in [0.717, 1.165) is 13.1 Å². The van der Waals surface area contributed by atoms with Gasteiger partial charge in [0.05, 0.1) is 25.9 Å². The van der Waals surface area contributed by atoms with Crippen molar-refractivity contribution in [2.24, 2.45) is 5.92 Å². The summed E-state index contributed by atoms with van der Waals surface area (Å²) in [6, 6.07) is -0.338. The summed E-state index contributed by atoms with van der Waals surface area (Å²) in [5, 5.41) is 27.7. The highest BCUT2D eigenvalue weighted by Gasteiger charge is 2.39. The van der Waals surface area contributed by atoms with E-state index >= 15 is 0 Å². The van der Waals surface area contributed by atoms with Gasteiger partial charge in [0.2, 0.25) is 0 Å². The lowest BCUT2D eigenvalue weighted by Crippen LogP contribution is -2.46. The molecule has 2 atom stereocenters. The largest absolute Gasteiger partial charge is 0.460 e. The highest BCUT2D eigenvalue weighted by molar-refractivity contribution is 5.69. The monoisotopic (exact) mass is 247 g/mol. The van der Waals surface area contributed by atoms with Gasteiger partial charge in [0.25, 0.3) is 0 Å². The SMILES string of the molecule is CCC(=O)OC(C(CO)CO)C(CO)N1CC1. The standard InChI is InChI=1S/C11H21NO5/c1-2-10(16)17-11(8(5-13)6-14)9(7-15)12-3-4-12/h8-9,11,13-15H,2-7H2,1H3. The van der Waals surface area contributed by atoms with Crippen molar-refractivity contribution in [1.29, 1.82) is 0 Å². The second kappa shape index (κ2) is 6.90. The van der Waals surface area contributed by atoms with E-state index in [1.807, 2.05) is 4.90 Å². The Hall–Kier alpha value is -0.690. The Kier molecular flexibility index (Phi) is 5.84. The van der Waals surface area contributed by atoms with E-state index in [-0.39, 0.29) is 38.3 Å². The number of aliphatic hydroxyl groups excluding tert-OH is 3. The summed E-state index contributed by atoms with van der Waals surface area (Å²) < 4.78 is 5.24. The Bertz CT molecular complexity index is 240. The van der Waals surface area contributed by atoms with E-state index in [9.17, 15) is 20.1 Å². The van der Waals surface area contributed by atoms with Crippen LogP contribution in [0, 0.1) is 5.92 Å². The average Bonchev–Trinajstić information content (AvgIpc) is 3.15. The number of nitrogens with zero attached hydrogens (tertiary/aromatic N) is 1. The fourth-order valence-corrected chi connectivity index (χ4v) is 1.81. The molecule has 17 heavy (non-hydrogen) atoms. The molecule has 1 rings (SSSR count). The van der Waals surface area contributed by atoms with E-state index in [1.54, 1.807) is 6.92 Å². The molecular formula is C11H21NO5. The molecule has 1 aliphatic heterocycles. The molecule has 1 fully saturated rings. The number of carbonyl (C=O) groups excluding carboxylic acids is 1. The first-order valence-electron chi connectivity index (χ1n) is 5.94. The Morgan fingerprint density at radius 2 is 1.82 bits per heavy atom. The summed E-state index contributed by atoms with van der Waals surface area (Å²) in [4.78, 5) is 13.3. The van der Waals surface area contributed by atoms with Crippen LogP contribution in [-0.2, 0) is 9.53 Å². The smallest absolute Gasteiger partial charge is 0.305 e. The number of carbonyl (C=O) groups is 1. The third-order valence-electron chi connectivity index (χ3n) is 3.01. The van der Waals surface area contributed by atoms with Gasteiger partial charge < -0.3 is 20.1 Å². The van der Waals surface area contributed by atoms with Gasteiger partial charge in [-0.15, -0.1) is 0 Å². The molecule has 0 spiro atoms. The first-order chi connectivity index (χ1) is 8.17. The molecule has 0 radical (unpaired) electrons. The van der Waals surface area contributed by atoms with Gasteiger partial charge in [0.1, 0.15) is 6.10 Å². The number of hydrogen-bond acceptors (Lipinski definition) is 6. The maximum Gasteiger partial charge on any atom is 0.305 e. The molecule has 1 saturated heterocycles. The molecule has 6 nitrogen and oxygen atoms in total. The molecule has 0 aliphatic carbocycles. The van der Waals surface area contributed by atoms with Gasteiger partial charge in [-0.1, -0.05) is 6.92 Å². The molecule has 1 aliphatic rings. The highest BCUT2D eigenvalue weighted by atomic mass is 16.5. The summed E-state index contributed by atoms with van der Waals surface area (Å²) in [5.41, 5.74) is 0. The summed E-state index contributed by atoms with van der Waals surface area (Å²) >= 11 is 0. The van der Waals surface area contributed by atoms with Crippen LogP contribution in [0.4, 0.5) is 0 Å². The molecule has 0 amide bonds. The molecule has 0 aromatic rings. The van der Waals surface area contributed by atoms with Crippen molar-refractivity contribution in [2.75, 3.05) is 32.9 Å². The van der Waals surface area contributed by atoms with Crippen LogP contribution in [0.2, 0.25) is 0 Å². The zero-order valence-corrected chi connectivity index (χ0v) is 10.1. The molecular weight excluding hydrogens is 226 g/mol. The van der Waals surface area contributed by atoms with Gasteiger partial charge >= 0.3 is 5.97 Å². The summed E-state index contributed by atoms with van der Waals surface area (Å²) in [7, 11) is 0. The fourth-order valence-electron chi connectivity index (χ4n) is 1.81. The maximum atomic E-state index is 11.3. The number of ether oxygens (including phenoxy) is 1. The average molecular weight is 247 g/mol. The minimum absolute atomic E-state index is 0.155. The van der Waals surface area contributed by atoms with Crippen LogP contribution in [0.25, 0.3) is 0 Å². The van der Waals surface area contributed by atoms with Crippen molar-refractivity contribution in [3.8, 4) is 0 Å². The van der Waals surface area contributed by atoms with Crippen molar-refractivity contribution in [2.45, 2.75) is 25.5 Å². The molecule has 3 N–H and O–H groups in total. The summed E-state index contributed by atoms with van der Waals surface area (Å²) in [6.45, 7) is 2.66. The molecule has 1 heterocycles. The van der Waals surface area contributed by atoms with Gasteiger partial charge in [0.15, 0.2) is 0 Å². The minimum Gasteiger partial charge on any atom is -0.460 e. The molecule has 0 saturated carbocycles. The van der Waals surface area contributed by atoms with Gasteiger partial charge in [-0.2, -0.15) is 0 Å². The molecule has 0 bridgehead atoms. The van der Waals surface area contributed by atoms with Gasteiger partial charge in [-0.05, 0) is 0 Å². The maximum absolute atomic E-state index is 11.3. The van der Waals surface area contributed by atoms with Crippen molar-refractivity contribution in [1.82, 2.24) is 4.90 Å². The third-order valence-corrected chi connectivity index (χ3v) is 3.01. The molecule has 6 heteroatoms. The lowest BCUT2D eigenvalue weighted by molar-refractivity contribution is -0.158. The molecule has 0 aromatic heterocycles. The quantitative estimate of drug-likeness (QED) is 0.360. The number of rotatable bonds is 8. The highest BCUT2D eigenvalue weighted by Crippen LogP contribution is 2.22. The Morgan fingerprint density at radius 1 is 1.24 bits per heavy atom. The molecule has 2 unspecified atom stereocenters. The third kappa shape index (κ3) is 3.92. The normalized spacial score (nSPS) is 19.1. The lowest BCUT2D eigenvalue weighted by Gasteiger charge is -2.31. The summed E-state index contributed by atoms with van der Waals surface area (Å²) in [6.07, 6.45) is -0.428. The summed E-state index contributed by atoms with van der Waals surface area (Å²) in [5.74, 6) is -0.939. The zero-order chi connectivity index (χ0) is 12.8. The van der Waals surface area contributed by atoms with Crippen LogP contribution >= 0.6 is 0 Å². The van der Waals surface area contributed by atoms with Gasteiger partial charge in [-0.25, -0.2) is 0 Å². The van der Waals surface area contributed by atoms with Crippen molar-refractivity contribution < 1.29 is 24.9 Å². The molecule has 0 aromatic carbocycles.